The molecule has 0 aromatic heterocycles. The molecule has 0 aliphatic rings. The van der Waals surface area contributed by atoms with E-state index in [9.17, 15) is 4.57 Å². The number of phosphoric ester groups is 1. The summed E-state index contributed by atoms with van der Waals surface area (Å²) in [5.74, 6) is 0. The molecule has 0 atom stereocenters. The second-order valence-electron chi connectivity index (χ2n) is 2.65. The zero-order valence-corrected chi connectivity index (χ0v) is 9.97. The van der Waals surface area contributed by atoms with Gasteiger partial charge in [0, 0.05) is 0 Å². The van der Waals surface area contributed by atoms with Crippen molar-refractivity contribution in [2.45, 2.75) is 27.7 Å². The summed E-state index contributed by atoms with van der Waals surface area (Å²) in [4.78, 5) is 0. The van der Waals surface area contributed by atoms with Gasteiger partial charge in [-0.25, -0.2) is 4.57 Å². The van der Waals surface area contributed by atoms with E-state index in [0.29, 0.717) is 0 Å². The zero-order valence-electron chi connectivity index (χ0n) is 9.07. The summed E-state index contributed by atoms with van der Waals surface area (Å²) in [5.41, 5.74) is 3.68. The first kappa shape index (κ1) is 13.5. The van der Waals surface area contributed by atoms with Crippen molar-refractivity contribution in [2.24, 2.45) is 0 Å². The smallest absolute Gasteiger partial charge is 0.403 e. The molecule has 0 aromatic carbocycles. The van der Waals surface area contributed by atoms with Crippen molar-refractivity contribution < 1.29 is 18.1 Å². The van der Waals surface area contributed by atoms with Gasteiger partial charge in [0.2, 0.25) is 0 Å². The summed E-state index contributed by atoms with van der Waals surface area (Å²) < 4.78 is 26.3. The summed E-state index contributed by atoms with van der Waals surface area (Å²) >= 11 is 0. The van der Waals surface area contributed by atoms with E-state index in [4.69, 9.17) is 13.6 Å². The average Bonchev–Trinajstić information content (AvgIpc) is 2.03. The van der Waals surface area contributed by atoms with Gasteiger partial charge in [-0.1, -0.05) is 5.73 Å². The Balaban J connectivity index is 4.38. The van der Waals surface area contributed by atoms with E-state index < -0.39 is 7.82 Å². The fourth-order valence-electron chi connectivity index (χ4n) is 0.623. The number of hydrogen-bond donors (Lipinski definition) is 0. The molecule has 0 rings (SSSR count). The normalized spacial score (nSPS) is 10.6. The van der Waals surface area contributed by atoms with Crippen molar-refractivity contribution >= 4 is 7.82 Å². The van der Waals surface area contributed by atoms with Gasteiger partial charge in [0.05, 0.1) is 13.2 Å². The molecule has 14 heavy (non-hydrogen) atoms. The van der Waals surface area contributed by atoms with E-state index in [1.54, 1.807) is 13.8 Å². The number of rotatable bonds is 6. The van der Waals surface area contributed by atoms with Gasteiger partial charge in [-0.15, -0.1) is 0 Å². The highest BCUT2D eigenvalue weighted by atomic mass is 31.2. The molecule has 0 aromatic rings. The molecule has 0 aliphatic carbocycles. The van der Waals surface area contributed by atoms with Crippen LogP contribution in [0.3, 0.4) is 0 Å². The van der Waals surface area contributed by atoms with Crippen LogP contribution in [0.25, 0.3) is 0 Å². The fourth-order valence-corrected chi connectivity index (χ4v) is 1.63. The van der Waals surface area contributed by atoms with E-state index in [2.05, 4.69) is 5.73 Å². The van der Waals surface area contributed by atoms with Gasteiger partial charge in [-0.3, -0.25) is 9.05 Å². The molecule has 0 heterocycles. The second kappa shape index (κ2) is 6.86. The minimum Gasteiger partial charge on any atom is -0.403 e. The van der Waals surface area contributed by atoms with Gasteiger partial charge in [0.15, 0.2) is 0 Å². The molecule has 0 saturated carbocycles. The molecule has 0 N–H and O–H groups in total. The van der Waals surface area contributed by atoms with Gasteiger partial charge in [0.1, 0.15) is 6.26 Å². The largest absolute Gasteiger partial charge is 0.530 e. The summed E-state index contributed by atoms with van der Waals surface area (Å²) in [5, 5.41) is 0. The van der Waals surface area contributed by atoms with Gasteiger partial charge >= 0.3 is 7.82 Å². The van der Waals surface area contributed by atoms with E-state index in [-0.39, 0.29) is 13.2 Å². The Bertz CT molecular complexity index is 252. The van der Waals surface area contributed by atoms with Gasteiger partial charge in [-0.2, -0.15) is 0 Å². The molecule has 5 heteroatoms. The molecule has 0 saturated heterocycles. The third-order valence-electron chi connectivity index (χ3n) is 1.10. The summed E-state index contributed by atoms with van der Waals surface area (Å²) in [6.07, 6.45) is 1.21. The Labute approximate surface area is 85.2 Å². The fraction of sp³-hybridized carbons (Fsp3) is 0.667. The lowest BCUT2D eigenvalue weighted by molar-refractivity contribution is 0.154. The minimum absolute atomic E-state index is 0.278. The highest BCUT2D eigenvalue weighted by Gasteiger charge is 2.24. The molecule has 4 nitrogen and oxygen atoms in total. The predicted octanol–water partition coefficient (Wildman–Crippen LogP) is 3.26. The highest BCUT2D eigenvalue weighted by molar-refractivity contribution is 7.48. The first-order chi connectivity index (χ1) is 6.54. The van der Waals surface area contributed by atoms with Crippen LogP contribution in [0.2, 0.25) is 0 Å². The topological polar surface area (TPSA) is 44.8 Å². The molecule has 0 bridgehead atoms. The molecule has 82 valence electrons. The first-order valence-corrected chi connectivity index (χ1v) is 5.96. The number of allylic oxidation sites excluding steroid dienone is 1. The van der Waals surface area contributed by atoms with Crippen LogP contribution in [0.4, 0.5) is 0 Å². The molecule has 0 unspecified atom stereocenters. The maximum absolute atomic E-state index is 11.6. The number of hydrogen-bond acceptors (Lipinski definition) is 4. The van der Waals surface area contributed by atoms with E-state index in [1.165, 1.54) is 6.26 Å². The van der Waals surface area contributed by atoms with Crippen LogP contribution in [0.5, 0.6) is 0 Å². The molecular weight excluding hydrogens is 203 g/mol. The lowest BCUT2D eigenvalue weighted by atomic mass is 10.4. The maximum atomic E-state index is 11.6. The van der Waals surface area contributed by atoms with Crippen LogP contribution in [0.15, 0.2) is 17.6 Å². The lowest BCUT2D eigenvalue weighted by Gasteiger charge is -2.13. The monoisotopic (exact) mass is 220 g/mol. The second-order valence-corrected chi connectivity index (χ2v) is 4.27. The Morgan fingerprint density at radius 1 is 1.29 bits per heavy atom. The molecule has 0 fully saturated rings. The SMILES string of the molecule is CCOP(=O)(OC=C=C(C)C)OCC. The molecule has 0 amide bonds. The van der Waals surface area contributed by atoms with Gasteiger partial charge in [0.25, 0.3) is 0 Å². The number of phosphoric acid groups is 1. The van der Waals surface area contributed by atoms with Crippen molar-refractivity contribution in [2.75, 3.05) is 13.2 Å². The average molecular weight is 220 g/mol. The summed E-state index contributed by atoms with van der Waals surface area (Å²) in [7, 11) is -3.41. The van der Waals surface area contributed by atoms with E-state index in [1.807, 2.05) is 13.8 Å². The molecule has 0 radical (unpaired) electrons. The van der Waals surface area contributed by atoms with Crippen LogP contribution >= 0.6 is 7.82 Å². The third kappa shape index (κ3) is 6.01. The van der Waals surface area contributed by atoms with Crippen molar-refractivity contribution in [3.63, 3.8) is 0 Å². The quantitative estimate of drug-likeness (QED) is 0.391. The van der Waals surface area contributed by atoms with Crippen LogP contribution in [-0.2, 0) is 18.1 Å². The zero-order chi connectivity index (χ0) is 11.0. The molecule has 0 aliphatic heterocycles. The van der Waals surface area contributed by atoms with Crippen molar-refractivity contribution in [1.82, 2.24) is 0 Å². The predicted molar refractivity (Wildman–Crippen MR) is 54.9 cm³/mol. The van der Waals surface area contributed by atoms with Crippen molar-refractivity contribution in [3.05, 3.63) is 17.6 Å². The van der Waals surface area contributed by atoms with Gasteiger partial charge in [-0.05, 0) is 33.3 Å². The van der Waals surface area contributed by atoms with Crippen LogP contribution in [-0.4, -0.2) is 13.2 Å². The van der Waals surface area contributed by atoms with Crippen molar-refractivity contribution in [3.8, 4) is 0 Å². The highest BCUT2D eigenvalue weighted by Crippen LogP contribution is 2.49. The Morgan fingerprint density at radius 3 is 2.14 bits per heavy atom. The minimum atomic E-state index is -3.41. The molecular formula is C9H17O4P. The first-order valence-electron chi connectivity index (χ1n) is 4.50. The Morgan fingerprint density at radius 2 is 1.79 bits per heavy atom. The van der Waals surface area contributed by atoms with E-state index in [0.717, 1.165) is 5.57 Å². The third-order valence-corrected chi connectivity index (χ3v) is 2.62. The van der Waals surface area contributed by atoms with Crippen LogP contribution in [0, 0.1) is 0 Å². The van der Waals surface area contributed by atoms with Crippen LogP contribution in [0.1, 0.15) is 27.7 Å². The Hall–Kier alpha value is -0.530. The Kier molecular flexibility index (Phi) is 6.60. The maximum Gasteiger partial charge on any atom is 0.530 e. The van der Waals surface area contributed by atoms with Crippen LogP contribution < -0.4 is 0 Å². The van der Waals surface area contributed by atoms with Gasteiger partial charge < -0.3 is 4.52 Å². The van der Waals surface area contributed by atoms with E-state index >= 15 is 0 Å². The summed E-state index contributed by atoms with van der Waals surface area (Å²) in [6, 6.07) is 0. The standard InChI is InChI=1S/C9H17O4P/c1-5-11-14(10,12-6-2)13-8-7-9(3)4/h8H,5-6H2,1-4H3. The summed E-state index contributed by atoms with van der Waals surface area (Å²) in [6.45, 7) is 7.71. The lowest BCUT2D eigenvalue weighted by Crippen LogP contribution is -1.96. The van der Waals surface area contributed by atoms with Crippen molar-refractivity contribution in [1.29, 1.82) is 0 Å². The molecule has 0 spiro atoms.